The third-order valence-corrected chi connectivity index (χ3v) is 5.81. The molecule has 2 heteroatoms. The number of hydrogen-bond donors (Lipinski definition) is 0. The number of benzene rings is 2. The van der Waals surface area contributed by atoms with E-state index in [1.54, 1.807) is 7.11 Å². The maximum absolute atomic E-state index is 6.53. The Hall–Kier alpha value is -1.70. The molecular weight excluding hydrogens is 284 g/mol. The van der Waals surface area contributed by atoms with E-state index in [4.69, 9.17) is 9.47 Å². The van der Waals surface area contributed by atoms with Gasteiger partial charge in [0.05, 0.1) is 7.11 Å². The smallest absolute Gasteiger partial charge is 0.133 e. The average molecular weight is 310 g/mol. The summed E-state index contributed by atoms with van der Waals surface area (Å²) in [5, 5.41) is 2.67. The summed E-state index contributed by atoms with van der Waals surface area (Å²) in [6, 6.07) is 4.49. The summed E-state index contributed by atoms with van der Waals surface area (Å²) in [7, 11) is 1.79. The van der Waals surface area contributed by atoms with Crippen LogP contribution >= 0.6 is 0 Å². The van der Waals surface area contributed by atoms with Gasteiger partial charge in [-0.1, -0.05) is 26.0 Å². The van der Waals surface area contributed by atoms with Gasteiger partial charge in [-0.25, -0.2) is 0 Å². The lowest BCUT2D eigenvalue weighted by atomic mass is 9.73. The van der Waals surface area contributed by atoms with Crippen LogP contribution in [0.1, 0.15) is 68.2 Å². The Morgan fingerprint density at radius 2 is 2.00 bits per heavy atom. The van der Waals surface area contributed by atoms with Crippen molar-refractivity contribution in [3.8, 4) is 11.5 Å². The molecule has 0 radical (unpaired) electrons. The molecule has 2 aromatic rings. The van der Waals surface area contributed by atoms with Crippen molar-refractivity contribution in [3.05, 3.63) is 34.4 Å². The normalized spacial score (nSPS) is 20.9. The molecule has 2 aliphatic rings. The van der Waals surface area contributed by atoms with Crippen LogP contribution in [0.2, 0.25) is 0 Å². The first-order valence-corrected chi connectivity index (χ1v) is 8.71. The number of hydrogen-bond acceptors (Lipinski definition) is 2. The molecule has 122 valence electrons. The first kappa shape index (κ1) is 14.9. The second-order valence-electron chi connectivity index (χ2n) is 7.92. The van der Waals surface area contributed by atoms with Crippen LogP contribution < -0.4 is 9.47 Å². The molecule has 0 unspecified atom stereocenters. The highest BCUT2D eigenvalue weighted by molar-refractivity contribution is 5.99. The van der Waals surface area contributed by atoms with Gasteiger partial charge in [-0.2, -0.15) is 0 Å². The largest absolute Gasteiger partial charge is 0.496 e. The molecule has 1 heterocycles. The molecule has 0 saturated heterocycles. The highest BCUT2D eigenvalue weighted by atomic mass is 16.5. The van der Waals surface area contributed by atoms with Crippen molar-refractivity contribution in [2.45, 2.75) is 64.9 Å². The van der Waals surface area contributed by atoms with Crippen LogP contribution in [0.4, 0.5) is 0 Å². The van der Waals surface area contributed by atoms with E-state index in [0.717, 1.165) is 17.9 Å². The second-order valence-corrected chi connectivity index (χ2v) is 7.92. The van der Waals surface area contributed by atoms with Gasteiger partial charge in [0.15, 0.2) is 0 Å². The Labute approximate surface area is 138 Å². The van der Waals surface area contributed by atoms with E-state index in [-0.39, 0.29) is 5.60 Å². The van der Waals surface area contributed by atoms with Crippen molar-refractivity contribution in [2.24, 2.45) is 0 Å². The Balaban J connectivity index is 2.22. The van der Waals surface area contributed by atoms with Gasteiger partial charge in [0.1, 0.15) is 17.1 Å². The van der Waals surface area contributed by atoms with Crippen molar-refractivity contribution in [3.63, 3.8) is 0 Å². The average Bonchev–Trinajstić information content (AvgIpc) is 2.77. The first-order valence-electron chi connectivity index (χ1n) is 8.71. The van der Waals surface area contributed by atoms with E-state index in [9.17, 15) is 0 Å². The van der Waals surface area contributed by atoms with Crippen LogP contribution in [0.5, 0.6) is 11.5 Å². The van der Waals surface area contributed by atoms with Crippen LogP contribution in [0, 0.1) is 6.92 Å². The highest BCUT2D eigenvalue weighted by Crippen LogP contribution is 2.58. The van der Waals surface area contributed by atoms with Gasteiger partial charge in [-0.05, 0) is 56.0 Å². The number of rotatable bonds is 2. The molecule has 0 saturated carbocycles. The SMILES string of the molecule is COc1c(C(C)C)c2c3c4c(c(C)ccc14)CC[C@@H]3C(C)(C)O2. The summed E-state index contributed by atoms with van der Waals surface area (Å²) in [6.45, 7) is 11.2. The zero-order chi connectivity index (χ0) is 16.5. The standard InChI is InChI=1S/C21H26O2/c1-11(2)16-19(22-6)14-8-7-12(3)13-9-10-15-18(17(13)14)20(16)23-21(15,4)5/h7-8,11,15H,9-10H2,1-6H3/t15-/m0/s1. The van der Waals surface area contributed by atoms with Crippen LogP contribution in [0.25, 0.3) is 10.8 Å². The van der Waals surface area contributed by atoms with Crippen LogP contribution in [0.3, 0.4) is 0 Å². The number of aryl methyl sites for hydroxylation is 2. The Morgan fingerprint density at radius 3 is 2.65 bits per heavy atom. The van der Waals surface area contributed by atoms with E-state index in [1.165, 1.54) is 39.4 Å². The monoisotopic (exact) mass is 310 g/mol. The molecule has 0 N–H and O–H groups in total. The van der Waals surface area contributed by atoms with Gasteiger partial charge in [-0.15, -0.1) is 0 Å². The van der Waals surface area contributed by atoms with Crippen molar-refractivity contribution in [1.82, 2.24) is 0 Å². The van der Waals surface area contributed by atoms with Crippen molar-refractivity contribution in [1.29, 1.82) is 0 Å². The Morgan fingerprint density at radius 1 is 1.26 bits per heavy atom. The van der Waals surface area contributed by atoms with Gasteiger partial charge < -0.3 is 9.47 Å². The van der Waals surface area contributed by atoms with Crippen LogP contribution in [-0.4, -0.2) is 12.7 Å². The molecule has 1 atom stereocenters. The minimum absolute atomic E-state index is 0.132. The predicted molar refractivity (Wildman–Crippen MR) is 95.1 cm³/mol. The second kappa shape index (κ2) is 4.66. The lowest BCUT2D eigenvalue weighted by Gasteiger charge is -2.30. The van der Waals surface area contributed by atoms with Gasteiger partial charge in [0.2, 0.25) is 0 Å². The molecule has 2 nitrogen and oxygen atoms in total. The van der Waals surface area contributed by atoms with Crippen LogP contribution in [-0.2, 0) is 6.42 Å². The maximum atomic E-state index is 6.53. The minimum Gasteiger partial charge on any atom is -0.496 e. The molecular formula is C21H26O2. The van der Waals surface area contributed by atoms with E-state index in [0.29, 0.717) is 11.8 Å². The van der Waals surface area contributed by atoms with E-state index in [1.807, 2.05) is 0 Å². The van der Waals surface area contributed by atoms with Gasteiger partial charge in [0, 0.05) is 22.4 Å². The van der Waals surface area contributed by atoms with Crippen molar-refractivity contribution < 1.29 is 9.47 Å². The van der Waals surface area contributed by atoms with E-state index in [2.05, 4.69) is 46.8 Å². The molecule has 2 aromatic carbocycles. The molecule has 0 spiro atoms. The predicted octanol–water partition coefficient (Wildman–Crippen LogP) is 5.48. The summed E-state index contributed by atoms with van der Waals surface area (Å²) in [5.74, 6) is 2.97. The minimum atomic E-state index is -0.132. The molecule has 1 aliphatic heterocycles. The van der Waals surface area contributed by atoms with Gasteiger partial charge in [0.25, 0.3) is 0 Å². The first-order chi connectivity index (χ1) is 10.9. The van der Waals surface area contributed by atoms with Crippen molar-refractivity contribution in [2.75, 3.05) is 7.11 Å². The molecule has 1 aliphatic carbocycles. The zero-order valence-corrected chi connectivity index (χ0v) is 15.0. The highest BCUT2D eigenvalue weighted by Gasteiger charge is 2.46. The van der Waals surface area contributed by atoms with E-state index >= 15 is 0 Å². The molecule has 0 fully saturated rings. The lowest BCUT2D eigenvalue weighted by Crippen LogP contribution is -2.31. The summed E-state index contributed by atoms with van der Waals surface area (Å²) < 4.78 is 12.4. The lowest BCUT2D eigenvalue weighted by molar-refractivity contribution is 0.105. The molecule has 0 aromatic heterocycles. The maximum Gasteiger partial charge on any atom is 0.133 e. The molecule has 0 amide bonds. The number of methoxy groups -OCH3 is 1. The van der Waals surface area contributed by atoms with Gasteiger partial charge >= 0.3 is 0 Å². The number of ether oxygens (including phenoxy) is 2. The Kier molecular flexibility index (Phi) is 3.01. The summed E-state index contributed by atoms with van der Waals surface area (Å²) >= 11 is 0. The fraction of sp³-hybridized carbons (Fsp3) is 0.524. The fourth-order valence-corrected chi connectivity index (χ4v) is 4.73. The quantitative estimate of drug-likeness (QED) is 0.731. The summed E-state index contributed by atoms with van der Waals surface area (Å²) in [4.78, 5) is 0. The summed E-state index contributed by atoms with van der Waals surface area (Å²) in [5.41, 5.74) is 5.43. The van der Waals surface area contributed by atoms with Crippen molar-refractivity contribution >= 4 is 10.8 Å². The zero-order valence-electron chi connectivity index (χ0n) is 15.0. The molecule has 4 rings (SSSR count). The Bertz CT molecular complexity index is 815. The van der Waals surface area contributed by atoms with Gasteiger partial charge in [-0.3, -0.25) is 0 Å². The topological polar surface area (TPSA) is 18.5 Å². The molecule has 0 bridgehead atoms. The third kappa shape index (κ3) is 1.81. The fourth-order valence-electron chi connectivity index (χ4n) is 4.73. The molecule has 23 heavy (non-hydrogen) atoms. The van der Waals surface area contributed by atoms with E-state index < -0.39 is 0 Å². The third-order valence-electron chi connectivity index (χ3n) is 5.81. The van der Waals surface area contributed by atoms with Crippen LogP contribution in [0.15, 0.2) is 12.1 Å². The summed E-state index contributed by atoms with van der Waals surface area (Å²) in [6.07, 6.45) is 2.31.